The first-order valence-electron chi connectivity index (χ1n) is 5.57. The number of amides is 1. The highest BCUT2D eigenvalue weighted by atomic mass is 35.5. The van der Waals surface area contributed by atoms with Gasteiger partial charge in [0.05, 0.1) is 15.5 Å². The Kier molecular flexibility index (Phi) is 4.51. The molecule has 0 spiro atoms. The molecule has 0 aliphatic carbocycles. The molecule has 0 atom stereocenters. The van der Waals surface area contributed by atoms with Gasteiger partial charge in [0.25, 0.3) is 15.9 Å². The fraction of sp³-hybridized carbons (Fsp3) is 0. The van der Waals surface area contributed by atoms with Crippen LogP contribution >= 0.6 is 23.2 Å². The van der Waals surface area contributed by atoms with E-state index in [4.69, 9.17) is 23.2 Å². The van der Waals surface area contributed by atoms with Crippen molar-refractivity contribution >= 4 is 39.1 Å². The van der Waals surface area contributed by atoms with Gasteiger partial charge in [-0.15, -0.1) is 0 Å². The van der Waals surface area contributed by atoms with Crippen LogP contribution in [0.5, 0.6) is 0 Å². The maximum atomic E-state index is 13.1. The van der Waals surface area contributed by atoms with Gasteiger partial charge in [0, 0.05) is 5.02 Å². The molecule has 1 amide bonds. The van der Waals surface area contributed by atoms with Crippen LogP contribution in [-0.2, 0) is 10.0 Å². The van der Waals surface area contributed by atoms with Gasteiger partial charge >= 0.3 is 0 Å². The van der Waals surface area contributed by atoms with Crippen LogP contribution in [0, 0.1) is 5.82 Å². The second kappa shape index (κ2) is 6.01. The number of benzene rings is 2. The second-order valence-corrected chi connectivity index (χ2v) is 6.54. The molecule has 0 fully saturated rings. The van der Waals surface area contributed by atoms with Crippen molar-refractivity contribution in [1.29, 1.82) is 0 Å². The Bertz CT molecular complexity index is 809. The molecule has 0 saturated heterocycles. The Hall–Kier alpha value is -1.63. The summed E-state index contributed by atoms with van der Waals surface area (Å²) >= 11 is 11.5. The number of hydrogen-bond donors (Lipinski definition) is 1. The molecule has 2 aromatic rings. The van der Waals surface area contributed by atoms with Crippen LogP contribution in [0.1, 0.15) is 10.4 Å². The van der Waals surface area contributed by atoms with Gasteiger partial charge in [-0.25, -0.2) is 17.5 Å². The minimum absolute atomic E-state index is 0.00874. The lowest BCUT2D eigenvalue weighted by atomic mass is 10.2. The molecule has 8 heteroatoms. The summed E-state index contributed by atoms with van der Waals surface area (Å²) in [5.74, 6) is -1.66. The van der Waals surface area contributed by atoms with E-state index in [2.05, 4.69) is 0 Å². The molecule has 1 N–H and O–H groups in total. The van der Waals surface area contributed by atoms with Crippen LogP contribution < -0.4 is 4.72 Å². The van der Waals surface area contributed by atoms with Crippen molar-refractivity contribution in [1.82, 2.24) is 4.72 Å². The van der Waals surface area contributed by atoms with E-state index in [0.717, 1.165) is 12.1 Å². The molecule has 0 unspecified atom stereocenters. The maximum Gasteiger partial charge on any atom is 0.266 e. The average molecular weight is 348 g/mol. The van der Waals surface area contributed by atoms with Crippen molar-refractivity contribution in [2.75, 3.05) is 0 Å². The fourth-order valence-corrected chi connectivity index (χ4v) is 3.04. The summed E-state index contributed by atoms with van der Waals surface area (Å²) in [5.41, 5.74) is -0.0546. The molecule has 0 aromatic heterocycles. The Morgan fingerprint density at radius 2 is 1.81 bits per heavy atom. The van der Waals surface area contributed by atoms with E-state index in [1.165, 1.54) is 30.3 Å². The maximum absolute atomic E-state index is 13.1. The SMILES string of the molecule is O=C(NS(=O)(=O)c1cccc(F)c1)c1ccc(Cl)cc1Cl. The molecule has 2 rings (SSSR count). The van der Waals surface area contributed by atoms with Gasteiger partial charge in [-0.05, 0) is 36.4 Å². The predicted octanol–water partition coefficient (Wildman–Crippen LogP) is 3.25. The summed E-state index contributed by atoms with van der Waals surface area (Å²) < 4.78 is 38.8. The smallest absolute Gasteiger partial charge is 0.266 e. The number of rotatable bonds is 3. The second-order valence-electron chi connectivity index (χ2n) is 4.02. The van der Waals surface area contributed by atoms with E-state index in [1.54, 1.807) is 0 Å². The molecular weight excluding hydrogens is 340 g/mol. The summed E-state index contributed by atoms with van der Waals surface area (Å²) in [7, 11) is -4.19. The molecule has 110 valence electrons. The number of sulfonamides is 1. The number of carbonyl (C=O) groups excluding carboxylic acids is 1. The summed E-state index contributed by atoms with van der Waals surface area (Å²) in [6.07, 6.45) is 0. The normalized spacial score (nSPS) is 11.2. The van der Waals surface area contributed by atoms with E-state index in [9.17, 15) is 17.6 Å². The van der Waals surface area contributed by atoms with E-state index in [-0.39, 0.29) is 15.5 Å². The summed E-state index contributed by atoms with van der Waals surface area (Å²) in [5, 5.41) is 0.318. The zero-order chi connectivity index (χ0) is 15.6. The molecule has 21 heavy (non-hydrogen) atoms. The molecular formula is C13H8Cl2FNO3S. The van der Waals surface area contributed by atoms with E-state index in [0.29, 0.717) is 5.02 Å². The highest BCUT2D eigenvalue weighted by molar-refractivity contribution is 7.90. The van der Waals surface area contributed by atoms with Gasteiger partial charge in [-0.2, -0.15) is 0 Å². The number of hydrogen-bond acceptors (Lipinski definition) is 3. The number of nitrogens with one attached hydrogen (secondary N) is 1. The zero-order valence-corrected chi connectivity index (χ0v) is 12.6. The third-order valence-electron chi connectivity index (χ3n) is 2.51. The molecule has 0 aliphatic rings. The van der Waals surface area contributed by atoms with Gasteiger partial charge in [0.15, 0.2) is 0 Å². The van der Waals surface area contributed by atoms with Crippen molar-refractivity contribution in [2.24, 2.45) is 0 Å². The predicted molar refractivity (Wildman–Crippen MR) is 77.5 cm³/mol. The van der Waals surface area contributed by atoms with Crippen LogP contribution in [0.25, 0.3) is 0 Å². The monoisotopic (exact) mass is 347 g/mol. The number of halogens is 3. The van der Waals surface area contributed by atoms with Gasteiger partial charge in [0.2, 0.25) is 0 Å². The highest BCUT2D eigenvalue weighted by Crippen LogP contribution is 2.21. The summed E-state index contributed by atoms with van der Waals surface area (Å²) in [6.45, 7) is 0. The lowest BCUT2D eigenvalue weighted by Gasteiger charge is -2.08. The van der Waals surface area contributed by atoms with Gasteiger partial charge < -0.3 is 0 Å². The molecule has 0 radical (unpaired) electrons. The van der Waals surface area contributed by atoms with Crippen LogP contribution in [0.3, 0.4) is 0 Å². The summed E-state index contributed by atoms with van der Waals surface area (Å²) in [4.78, 5) is 11.6. The molecule has 0 aliphatic heterocycles. The highest BCUT2D eigenvalue weighted by Gasteiger charge is 2.20. The molecule has 2 aromatic carbocycles. The Balaban J connectivity index is 2.30. The zero-order valence-electron chi connectivity index (χ0n) is 10.3. The standard InChI is InChI=1S/C13H8Cl2FNO3S/c14-8-4-5-11(12(15)6-8)13(18)17-21(19,20)10-3-1-2-9(16)7-10/h1-7H,(H,17,18). The molecule has 0 bridgehead atoms. The quantitative estimate of drug-likeness (QED) is 0.926. The van der Waals surface area contributed by atoms with Crippen molar-refractivity contribution in [2.45, 2.75) is 4.90 Å². The van der Waals surface area contributed by atoms with Crippen molar-refractivity contribution in [3.05, 3.63) is 63.9 Å². The average Bonchev–Trinajstić information content (AvgIpc) is 2.37. The van der Waals surface area contributed by atoms with E-state index < -0.39 is 21.7 Å². The Morgan fingerprint density at radius 1 is 1.10 bits per heavy atom. The lowest BCUT2D eigenvalue weighted by molar-refractivity contribution is 0.0981. The van der Waals surface area contributed by atoms with Gasteiger partial charge in [-0.1, -0.05) is 29.3 Å². The van der Waals surface area contributed by atoms with Crippen molar-refractivity contribution < 1.29 is 17.6 Å². The largest absolute Gasteiger partial charge is 0.268 e. The fourth-order valence-electron chi connectivity index (χ4n) is 1.54. The minimum Gasteiger partial charge on any atom is -0.268 e. The van der Waals surface area contributed by atoms with Gasteiger partial charge in [0.1, 0.15) is 5.82 Å². The third-order valence-corrected chi connectivity index (χ3v) is 4.39. The van der Waals surface area contributed by atoms with Crippen LogP contribution in [0.4, 0.5) is 4.39 Å². The minimum atomic E-state index is -4.19. The first-order valence-corrected chi connectivity index (χ1v) is 7.81. The van der Waals surface area contributed by atoms with Crippen LogP contribution in [0.15, 0.2) is 47.4 Å². The third kappa shape index (κ3) is 3.72. The lowest BCUT2D eigenvalue weighted by Crippen LogP contribution is -2.30. The first-order chi connectivity index (χ1) is 9.79. The Labute approximate surface area is 130 Å². The van der Waals surface area contributed by atoms with Crippen LogP contribution in [-0.4, -0.2) is 14.3 Å². The van der Waals surface area contributed by atoms with Crippen LogP contribution in [0.2, 0.25) is 10.0 Å². The van der Waals surface area contributed by atoms with Crippen molar-refractivity contribution in [3.63, 3.8) is 0 Å². The number of carbonyl (C=O) groups is 1. The Morgan fingerprint density at radius 3 is 2.43 bits per heavy atom. The van der Waals surface area contributed by atoms with E-state index in [1.807, 2.05) is 4.72 Å². The first kappa shape index (κ1) is 15.8. The topological polar surface area (TPSA) is 63.2 Å². The van der Waals surface area contributed by atoms with Gasteiger partial charge in [-0.3, -0.25) is 4.79 Å². The van der Waals surface area contributed by atoms with Crippen molar-refractivity contribution in [3.8, 4) is 0 Å². The molecule has 4 nitrogen and oxygen atoms in total. The summed E-state index contributed by atoms with van der Waals surface area (Å²) in [6, 6.07) is 8.30. The molecule has 0 saturated carbocycles. The molecule has 0 heterocycles. The van der Waals surface area contributed by atoms with E-state index >= 15 is 0 Å².